The van der Waals surface area contributed by atoms with Gasteiger partial charge < -0.3 is 15.4 Å². The third kappa shape index (κ3) is 6.13. The average Bonchev–Trinajstić information content (AvgIpc) is 2.25. The van der Waals surface area contributed by atoms with Crippen LogP contribution in [0.25, 0.3) is 0 Å². The van der Waals surface area contributed by atoms with Crippen LogP contribution in [0.2, 0.25) is 0 Å². The number of hydrogen-bond donors (Lipinski definition) is 2. The van der Waals surface area contributed by atoms with Crippen molar-refractivity contribution in [3.8, 4) is 0 Å². The molecule has 1 aliphatic heterocycles. The number of hydrogen-bond acceptors (Lipinski definition) is 4. The molecule has 4 nitrogen and oxygen atoms in total. The highest BCUT2D eigenvalue weighted by molar-refractivity contribution is 8.93. The fraction of sp³-hybridized carbons (Fsp3) is 0.929. The molecule has 0 radical (unpaired) electrons. The number of aliphatic imine (C=N–C) groups is 1. The molecule has 0 bridgehead atoms. The fourth-order valence-electron chi connectivity index (χ4n) is 2.55. The van der Waals surface area contributed by atoms with E-state index in [0.717, 1.165) is 37.9 Å². The summed E-state index contributed by atoms with van der Waals surface area (Å²) in [4.78, 5) is 4.40. The Morgan fingerprint density at radius 2 is 2.11 bits per heavy atom. The Labute approximate surface area is 127 Å². The summed E-state index contributed by atoms with van der Waals surface area (Å²) < 4.78 is 5.94. The molecule has 0 aromatic heterocycles. The van der Waals surface area contributed by atoms with E-state index in [1.54, 1.807) is 0 Å². The highest BCUT2D eigenvalue weighted by atomic mass is 79.9. The molecule has 1 saturated carbocycles. The van der Waals surface area contributed by atoms with Gasteiger partial charge in [0.05, 0.1) is 11.7 Å². The van der Waals surface area contributed by atoms with Gasteiger partial charge in [-0.3, -0.25) is 4.99 Å². The number of halogens is 1. The molecule has 0 saturated heterocycles. The molecule has 19 heavy (non-hydrogen) atoms. The van der Waals surface area contributed by atoms with Gasteiger partial charge in [0.15, 0.2) is 5.96 Å². The molecule has 2 aliphatic rings. The second-order valence-electron chi connectivity index (χ2n) is 6.42. The topological polar surface area (TPSA) is 45.6 Å². The van der Waals surface area contributed by atoms with Crippen molar-refractivity contribution in [2.24, 2.45) is 10.9 Å². The first-order chi connectivity index (χ1) is 8.53. The number of rotatable bonds is 4. The van der Waals surface area contributed by atoms with E-state index in [1.165, 1.54) is 19.3 Å². The van der Waals surface area contributed by atoms with Crippen molar-refractivity contribution in [3.63, 3.8) is 0 Å². The molecule has 0 aromatic carbocycles. The van der Waals surface area contributed by atoms with E-state index in [9.17, 15) is 0 Å². The molecule has 0 unspecified atom stereocenters. The Bertz CT molecular complexity index is 296. The first kappa shape index (κ1) is 16.8. The Hall–Kier alpha value is -0.290. The second kappa shape index (κ2) is 7.48. The van der Waals surface area contributed by atoms with E-state index in [1.807, 2.05) is 0 Å². The predicted octanol–water partition coefficient (Wildman–Crippen LogP) is 2.49. The molecule has 2 N–H and O–H groups in total. The maximum atomic E-state index is 5.94. The van der Waals surface area contributed by atoms with E-state index in [2.05, 4.69) is 36.4 Å². The van der Waals surface area contributed by atoms with Gasteiger partial charge in [-0.25, -0.2) is 0 Å². The van der Waals surface area contributed by atoms with Crippen molar-refractivity contribution in [1.29, 1.82) is 0 Å². The average molecular weight is 334 g/mol. The van der Waals surface area contributed by atoms with Crippen molar-refractivity contribution < 1.29 is 4.74 Å². The molecule has 1 heterocycles. The van der Waals surface area contributed by atoms with Crippen LogP contribution in [0.4, 0.5) is 0 Å². The molecular weight excluding hydrogens is 306 g/mol. The highest BCUT2D eigenvalue weighted by Gasteiger charge is 2.32. The number of nitrogens with one attached hydrogen (secondary N) is 2. The van der Waals surface area contributed by atoms with Crippen LogP contribution in [0.15, 0.2) is 4.99 Å². The van der Waals surface area contributed by atoms with Crippen LogP contribution in [0.3, 0.4) is 0 Å². The SMILES string of the molecule is Br.CC(C)(C)OC1CC(CCNC2=NCCCN2)C1. The summed E-state index contributed by atoms with van der Waals surface area (Å²) in [5.74, 6) is 1.82. The quantitative estimate of drug-likeness (QED) is 0.830. The third-order valence-corrected chi connectivity index (χ3v) is 3.45. The monoisotopic (exact) mass is 333 g/mol. The van der Waals surface area contributed by atoms with Gasteiger partial charge in [-0.15, -0.1) is 17.0 Å². The van der Waals surface area contributed by atoms with Gasteiger partial charge in [0, 0.05) is 19.6 Å². The van der Waals surface area contributed by atoms with Gasteiger partial charge >= 0.3 is 0 Å². The summed E-state index contributed by atoms with van der Waals surface area (Å²) >= 11 is 0. The fourth-order valence-corrected chi connectivity index (χ4v) is 2.55. The summed E-state index contributed by atoms with van der Waals surface area (Å²) in [5.41, 5.74) is 0.00857. The van der Waals surface area contributed by atoms with Crippen molar-refractivity contribution in [1.82, 2.24) is 10.6 Å². The van der Waals surface area contributed by atoms with Crippen LogP contribution < -0.4 is 10.6 Å². The summed E-state index contributed by atoms with van der Waals surface area (Å²) in [6.45, 7) is 9.44. The lowest BCUT2D eigenvalue weighted by atomic mass is 9.79. The van der Waals surface area contributed by atoms with Gasteiger partial charge in [0.1, 0.15) is 0 Å². The minimum atomic E-state index is 0. The predicted molar refractivity (Wildman–Crippen MR) is 85.2 cm³/mol. The minimum Gasteiger partial charge on any atom is -0.373 e. The molecule has 2 rings (SSSR count). The normalized spacial score (nSPS) is 26.6. The summed E-state index contributed by atoms with van der Waals surface area (Å²) in [7, 11) is 0. The Kier molecular flexibility index (Phi) is 6.60. The zero-order chi connectivity index (χ0) is 13.0. The Morgan fingerprint density at radius 3 is 2.68 bits per heavy atom. The second-order valence-corrected chi connectivity index (χ2v) is 6.42. The lowest BCUT2D eigenvalue weighted by molar-refractivity contribution is -0.112. The maximum Gasteiger partial charge on any atom is 0.191 e. The number of ether oxygens (including phenoxy) is 1. The molecule has 0 amide bonds. The Balaban J connectivity index is 0.00000180. The van der Waals surface area contributed by atoms with Crippen LogP contribution in [-0.4, -0.2) is 37.3 Å². The molecule has 0 atom stereocenters. The summed E-state index contributed by atoms with van der Waals surface area (Å²) in [6, 6.07) is 0. The van der Waals surface area contributed by atoms with Crippen LogP contribution in [0.5, 0.6) is 0 Å². The van der Waals surface area contributed by atoms with Crippen LogP contribution >= 0.6 is 17.0 Å². The lowest BCUT2D eigenvalue weighted by Gasteiger charge is -2.39. The molecule has 112 valence electrons. The van der Waals surface area contributed by atoms with E-state index in [-0.39, 0.29) is 22.6 Å². The van der Waals surface area contributed by atoms with Crippen molar-refractivity contribution in [2.45, 2.75) is 58.2 Å². The van der Waals surface area contributed by atoms with Crippen LogP contribution in [0.1, 0.15) is 46.5 Å². The first-order valence-corrected chi connectivity index (χ1v) is 7.23. The zero-order valence-electron chi connectivity index (χ0n) is 12.4. The van der Waals surface area contributed by atoms with Gasteiger partial charge in [-0.05, 0) is 52.4 Å². The molecular formula is C14H28BrN3O. The summed E-state index contributed by atoms with van der Waals surface area (Å²) in [6.07, 6.45) is 5.31. The molecule has 0 spiro atoms. The van der Waals surface area contributed by atoms with E-state index >= 15 is 0 Å². The molecule has 0 aromatic rings. The van der Waals surface area contributed by atoms with E-state index in [4.69, 9.17) is 4.74 Å². The zero-order valence-corrected chi connectivity index (χ0v) is 14.1. The van der Waals surface area contributed by atoms with Crippen molar-refractivity contribution in [2.75, 3.05) is 19.6 Å². The van der Waals surface area contributed by atoms with E-state index < -0.39 is 0 Å². The molecule has 1 fully saturated rings. The molecule has 5 heteroatoms. The standard InChI is InChI=1S/C14H27N3O.BrH/c1-14(2,3)18-12-9-11(10-12)5-8-17-13-15-6-4-7-16-13;/h11-12H,4-10H2,1-3H3,(H2,15,16,17);1H. The van der Waals surface area contributed by atoms with Gasteiger partial charge in [0.25, 0.3) is 0 Å². The maximum absolute atomic E-state index is 5.94. The van der Waals surface area contributed by atoms with E-state index in [0.29, 0.717) is 6.10 Å². The smallest absolute Gasteiger partial charge is 0.191 e. The highest BCUT2D eigenvalue weighted by Crippen LogP contribution is 2.34. The lowest BCUT2D eigenvalue weighted by Crippen LogP contribution is -2.43. The van der Waals surface area contributed by atoms with Gasteiger partial charge in [0.2, 0.25) is 0 Å². The van der Waals surface area contributed by atoms with Crippen LogP contribution in [-0.2, 0) is 4.74 Å². The summed E-state index contributed by atoms with van der Waals surface area (Å²) in [5, 5.41) is 6.66. The molecule has 1 aliphatic carbocycles. The third-order valence-electron chi connectivity index (χ3n) is 3.45. The largest absolute Gasteiger partial charge is 0.373 e. The number of guanidine groups is 1. The number of nitrogens with zero attached hydrogens (tertiary/aromatic N) is 1. The van der Waals surface area contributed by atoms with Gasteiger partial charge in [-0.2, -0.15) is 0 Å². The minimum absolute atomic E-state index is 0. The van der Waals surface area contributed by atoms with Crippen molar-refractivity contribution >= 4 is 22.9 Å². The first-order valence-electron chi connectivity index (χ1n) is 7.23. The van der Waals surface area contributed by atoms with Crippen molar-refractivity contribution in [3.05, 3.63) is 0 Å². The van der Waals surface area contributed by atoms with Gasteiger partial charge in [-0.1, -0.05) is 0 Å². The Morgan fingerprint density at radius 1 is 1.37 bits per heavy atom. The van der Waals surface area contributed by atoms with Crippen LogP contribution in [0, 0.1) is 5.92 Å².